The zero-order valence-electron chi connectivity index (χ0n) is 12.4. The van der Waals surface area contributed by atoms with E-state index in [1.807, 2.05) is 19.1 Å². The van der Waals surface area contributed by atoms with Crippen LogP contribution in [0.1, 0.15) is 54.1 Å². The van der Waals surface area contributed by atoms with Crippen LogP contribution in [0, 0.1) is 20.8 Å². The van der Waals surface area contributed by atoms with Crippen molar-refractivity contribution >= 4 is 0 Å². The molecular formula is C17H23NO. The van der Waals surface area contributed by atoms with Crippen LogP contribution in [0.15, 0.2) is 34.7 Å². The third kappa shape index (κ3) is 3.27. The Kier molecular flexibility index (Phi) is 4.11. The van der Waals surface area contributed by atoms with Crippen LogP contribution in [0.5, 0.6) is 0 Å². The number of nitrogens with one attached hydrogen (secondary N) is 1. The quantitative estimate of drug-likeness (QED) is 0.864. The predicted octanol–water partition coefficient (Wildman–Crippen LogP) is 4.62. The second kappa shape index (κ2) is 5.62. The van der Waals surface area contributed by atoms with Gasteiger partial charge in [0.1, 0.15) is 11.5 Å². The zero-order chi connectivity index (χ0) is 14.0. The van der Waals surface area contributed by atoms with E-state index in [0.29, 0.717) is 6.04 Å². The minimum atomic E-state index is 0.213. The highest BCUT2D eigenvalue weighted by molar-refractivity contribution is 5.31. The first-order valence-corrected chi connectivity index (χ1v) is 6.87. The van der Waals surface area contributed by atoms with Gasteiger partial charge in [0.15, 0.2) is 0 Å². The molecule has 1 N–H and O–H groups in total. The molecule has 0 saturated heterocycles. The van der Waals surface area contributed by atoms with Gasteiger partial charge in [0, 0.05) is 6.04 Å². The Morgan fingerprint density at radius 1 is 0.895 bits per heavy atom. The molecule has 19 heavy (non-hydrogen) atoms. The van der Waals surface area contributed by atoms with Gasteiger partial charge in [-0.1, -0.05) is 18.2 Å². The molecule has 0 saturated carbocycles. The molecule has 0 aliphatic carbocycles. The van der Waals surface area contributed by atoms with Gasteiger partial charge in [0.2, 0.25) is 0 Å². The summed E-state index contributed by atoms with van der Waals surface area (Å²) in [6.45, 7) is 10.6. The molecule has 0 aliphatic heterocycles. The van der Waals surface area contributed by atoms with Crippen molar-refractivity contribution in [3.05, 3.63) is 58.5 Å². The summed E-state index contributed by atoms with van der Waals surface area (Å²) in [5, 5.41) is 3.58. The van der Waals surface area contributed by atoms with Crippen molar-refractivity contribution in [1.82, 2.24) is 5.32 Å². The lowest BCUT2D eigenvalue weighted by Crippen LogP contribution is -2.22. The first kappa shape index (κ1) is 13.9. The van der Waals surface area contributed by atoms with Crippen molar-refractivity contribution in [2.45, 2.75) is 46.7 Å². The van der Waals surface area contributed by atoms with Gasteiger partial charge < -0.3 is 9.73 Å². The Bertz CT molecular complexity index is 556. The largest absolute Gasteiger partial charge is 0.465 e. The van der Waals surface area contributed by atoms with Crippen molar-refractivity contribution in [2.75, 3.05) is 0 Å². The van der Waals surface area contributed by atoms with Crippen LogP contribution >= 0.6 is 0 Å². The van der Waals surface area contributed by atoms with E-state index < -0.39 is 0 Å². The summed E-state index contributed by atoms with van der Waals surface area (Å²) in [5.41, 5.74) is 4.00. The third-order valence-electron chi connectivity index (χ3n) is 3.72. The number of hydrogen-bond donors (Lipinski definition) is 1. The molecule has 1 aromatic carbocycles. The second-order valence-corrected chi connectivity index (χ2v) is 5.40. The van der Waals surface area contributed by atoms with E-state index in [0.717, 1.165) is 11.5 Å². The highest BCUT2D eigenvalue weighted by Gasteiger charge is 2.14. The summed E-state index contributed by atoms with van der Waals surface area (Å²) in [6, 6.07) is 11.2. The first-order chi connectivity index (χ1) is 8.97. The van der Waals surface area contributed by atoms with Crippen molar-refractivity contribution in [3.8, 4) is 0 Å². The van der Waals surface area contributed by atoms with Crippen molar-refractivity contribution < 1.29 is 4.42 Å². The summed E-state index contributed by atoms with van der Waals surface area (Å²) in [4.78, 5) is 0. The van der Waals surface area contributed by atoms with Crippen LogP contribution in [0.25, 0.3) is 0 Å². The Morgan fingerprint density at radius 3 is 2.21 bits per heavy atom. The van der Waals surface area contributed by atoms with Crippen LogP contribution in [-0.2, 0) is 0 Å². The molecule has 102 valence electrons. The topological polar surface area (TPSA) is 25.2 Å². The number of benzene rings is 1. The lowest BCUT2D eigenvalue weighted by atomic mass is 10.0. The SMILES string of the molecule is Cc1ccc(C(C)NC(C)c2ccc(C)c(C)c2)o1. The van der Waals surface area contributed by atoms with Crippen molar-refractivity contribution in [2.24, 2.45) is 0 Å². The summed E-state index contributed by atoms with van der Waals surface area (Å²) < 4.78 is 5.66. The van der Waals surface area contributed by atoms with Crippen LogP contribution in [-0.4, -0.2) is 0 Å². The van der Waals surface area contributed by atoms with E-state index in [1.165, 1.54) is 16.7 Å². The van der Waals surface area contributed by atoms with Crippen molar-refractivity contribution in [3.63, 3.8) is 0 Å². The van der Waals surface area contributed by atoms with Gasteiger partial charge in [0.25, 0.3) is 0 Å². The Labute approximate surface area is 115 Å². The molecule has 2 nitrogen and oxygen atoms in total. The van der Waals surface area contributed by atoms with E-state index in [-0.39, 0.29) is 6.04 Å². The maximum atomic E-state index is 5.66. The molecule has 0 radical (unpaired) electrons. The van der Waals surface area contributed by atoms with E-state index in [9.17, 15) is 0 Å². The number of rotatable bonds is 4. The fraction of sp³-hybridized carbons (Fsp3) is 0.412. The molecule has 2 aromatic rings. The van der Waals surface area contributed by atoms with Crippen LogP contribution in [0.3, 0.4) is 0 Å². The van der Waals surface area contributed by atoms with Gasteiger partial charge in [-0.25, -0.2) is 0 Å². The molecule has 0 aliphatic rings. The number of aryl methyl sites for hydroxylation is 3. The van der Waals surface area contributed by atoms with Gasteiger partial charge in [-0.15, -0.1) is 0 Å². The van der Waals surface area contributed by atoms with Crippen LogP contribution in [0.4, 0.5) is 0 Å². The number of furan rings is 1. The number of hydrogen-bond acceptors (Lipinski definition) is 2. The smallest absolute Gasteiger partial charge is 0.120 e. The van der Waals surface area contributed by atoms with E-state index in [4.69, 9.17) is 4.42 Å². The minimum absolute atomic E-state index is 0.213. The highest BCUT2D eigenvalue weighted by atomic mass is 16.3. The fourth-order valence-corrected chi connectivity index (χ4v) is 2.27. The second-order valence-electron chi connectivity index (χ2n) is 5.40. The molecule has 2 unspecified atom stereocenters. The molecule has 2 atom stereocenters. The molecule has 1 heterocycles. The predicted molar refractivity (Wildman–Crippen MR) is 79.3 cm³/mol. The summed E-state index contributed by atoms with van der Waals surface area (Å²) in [7, 11) is 0. The maximum absolute atomic E-state index is 5.66. The Balaban J connectivity index is 2.07. The molecule has 0 fully saturated rings. The van der Waals surface area contributed by atoms with Gasteiger partial charge >= 0.3 is 0 Å². The van der Waals surface area contributed by atoms with Gasteiger partial charge in [0.05, 0.1) is 6.04 Å². The molecule has 0 bridgehead atoms. The first-order valence-electron chi connectivity index (χ1n) is 6.87. The van der Waals surface area contributed by atoms with Gasteiger partial charge in [-0.3, -0.25) is 0 Å². The van der Waals surface area contributed by atoms with E-state index >= 15 is 0 Å². The lowest BCUT2D eigenvalue weighted by molar-refractivity contribution is 0.392. The monoisotopic (exact) mass is 257 g/mol. The maximum Gasteiger partial charge on any atom is 0.120 e. The average molecular weight is 257 g/mol. The van der Waals surface area contributed by atoms with Crippen molar-refractivity contribution in [1.29, 1.82) is 0 Å². The molecule has 0 amide bonds. The molecule has 1 aromatic heterocycles. The van der Waals surface area contributed by atoms with Gasteiger partial charge in [-0.05, 0) is 63.4 Å². The molecular weight excluding hydrogens is 234 g/mol. The van der Waals surface area contributed by atoms with Crippen LogP contribution in [0.2, 0.25) is 0 Å². The Hall–Kier alpha value is -1.54. The summed E-state index contributed by atoms with van der Waals surface area (Å²) in [5.74, 6) is 1.95. The standard InChI is InChI=1S/C17H23NO/c1-11-6-8-16(10-12(11)2)14(4)18-15(5)17-9-7-13(3)19-17/h6-10,14-15,18H,1-5H3. The average Bonchev–Trinajstić information content (AvgIpc) is 2.79. The normalized spacial score (nSPS) is 14.4. The van der Waals surface area contributed by atoms with Crippen LogP contribution < -0.4 is 5.32 Å². The fourth-order valence-electron chi connectivity index (χ4n) is 2.27. The lowest BCUT2D eigenvalue weighted by Gasteiger charge is -2.19. The molecule has 0 spiro atoms. The Morgan fingerprint density at radius 2 is 1.63 bits per heavy atom. The summed E-state index contributed by atoms with van der Waals surface area (Å²) in [6.07, 6.45) is 0. The third-order valence-corrected chi connectivity index (χ3v) is 3.72. The zero-order valence-corrected chi connectivity index (χ0v) is 12.4. The summed E-state index contributed by atoms with van der Waals surface area (Å²) >= 11 is 0. The van der Waals surface area contributed by atoms with E-state index in [1.54, 1.807) is 0 Å². The van der Waals surface area contributed by atoms with Gasteiger partial charge in [-0.2, -0.15) is 0 Å². The molecule has 2 rings (SSSR count). The van der Waals surface area contributed by atoms with E-state index in [2.05, 4.69) is 51.2 Å². The molecule has 2 heteroatoms. The highest BCUT2D eigenvalue weighted by Crippen LogP contribution is 2.22. The minimum Gasteiger partial charge on any atom is -0.465 e.